The summed E-state index contributed by atoms with van der Waals surface area (Å²) in [5, 5.41) is 5.64. The third kappa shape index (κ3) is 5.74. The lowest BCUT2D eigenvalue weighted by atomic mass is 10.1. The summed E-state index contributed by atoms with van der Waals surface area (Å²) in [5.74, 6) is 0.696. The van der Waals surface area contributed by atoms with Crippen molar-refractivity contribution in [3.63, 3.8) is 0 Å². The fourth-order valence-corrected chi connectivity index (χ4v) is 2.95. The van der Waals surface area contributed by atoms with Crippen LogP contribution in [-0.2, 0) is 0 Å². The number of carbonyl (C=O) groups is 2. The molecule has 0 aliphatic heterocycles. The zero-order valence-corrected chi connectivity index (χ0v) is 16.6. The Hall–Kier alpha value is -3.02. The van der Waals surface area contributed by atoms with Crippen molar-refractivity contribution in [2.75, 3.05) is 25.5 Å². The minimum Gasteiger partial charge on any atom is -0.492 e. The average Bonchev–Trinajstić information content (AvgIpc) is 3.44. The molecule has 1 saturated carbocycles. The molecule has 148 valence electrons. The van der Waals surface area contributed by atoms with Gasteiger partial charge in [0.15, 0.2) is 0 Å². The number of ether oxygens (including phenoxy) is 1. The number of hydrogen-bond donors (Lipinski definition) is 2. The summed E-state index contributed by atoms with van der Waals surface area (Å²) in [6, 6.07) is 13.1. The molecule has 0 aromatic heterocycles. The van der Waals surface area contributed by atoms with E-state index >= 15 is 0 Å². The van der Waals surface area contributed by atoms with Crippen LogP contribution in [0.3, 0.4) is 0 Å². The fraction of sp³-hybridized carbons (Fsp3) is 0.364. The van der Waals surface area contributed by atoms with Gasteiger partial charge in [0.25, 0.3) is 5.91 Å². The Morgan fingerprint density at radius 3 is 2.50 bits per heavy atom. The molecule has 2 aromatic carbocycles. The monoisotopic (exact) mass is 381 g/mol. The van der Waals surface area contributed by atoms with Crippen LogP contribution in [0.15, 0.2) is 42.5 Å². The van der Waals surface area contributed by atoms with Gasteiger partial charge in [-0.3, -0.25) is 4.79 Å². The molecule has 1 aliphatic rings. The van der Waals surface area contributed by atoms with Crippen LogP contribution >= 0.6 is 0 Å². The highest BCUT2D eigenvalue weighted by molar-refractivity contribution is 5.96. The van der Waals surface area contributed by atoms with E-state index in [1.165, 1.54) is 0 Å². The first kappa shape index (κ1) is 19.7. The summed E-state index contributed by atoms with van der Waals surface area (Å²) in [6.07, 6.45) is 2.06. The number of hydrogen-bond acceptors (Lipinski definition) is 3. The molecule has 0 radical (unpaired) electrons. The predicted octanol–water partition coefficient (Wildman–Crippen LogP) is 3.74. The van der Waals surface area contributed by atoms with Crippen molar-refractivity contribution in [1.29, 1.82) is 0 Å². The van der Waals surface area contributed by atoms with Crippen LogP contribution in [0.5, 0.6) is 5.75 Å². The molecule has 3 rings (SSSR count). The van der Waals surface area contributed by atoms with Gasteiger partial charge >= 0.3 is 6.03 Å². The number of aryl methyl sites for hydroxylation is 2. The number of carbonyl (C=O) groups excluding carboxylic acids is 2. The minimum atomic E-state index is -0.234. The molecule has 0 unspecified atom stereocenters. The first-order chi connectivity index (χ1) is 13.4. The Morgan fingerprint density at radius 2 is 1.82 bits per heavy atom. The summed E-state index contributed by atoms with van der Waals surface area (Å²) in [4.78, 5) is 26.1. The molecular weight excluding hydrogens is 354 g/mol. The van der Waals surface area contributed by atoms with Crippen molar-refractivity contribution in [2.24, 2.45) is 0 Å². The molecule has 3 amide bonds. The third-order valence-electron chi connectivity index (χ3n) is 4.52. The van der Waals surface area contributed by atoms with Gasteiger partial charge in [0, 0.05) is 24.3 Å². The van der Waals surface area contributed by atoms with Gasteiger partial charge in [-0.05, 0) is 68.1 Å². The van der Waals surface area contributed by atoms with Crippen LogP contribution in [0.4, 0.5) is 10.5 Å². The molecule has 0 bridgehead atoms. The zero-order valence-electron chi connectivity index (χ0n) is 16.6. The van der Waals surface area contributed by atoms with Crippen LogP contribution in [0, 0.1) is 13.8 Å². The largest absolute Gasteiger partial charge is 0.492 e. The Kier molecular flexibility index (Phi) is 6.19. The van der Waals surface area contributed by atoms with Gasteiger partial charge < -0.3 is 20.3 Å². The number of amides is 3. The lowest BCUT2D eigenvalue weighted by molar-refractivity contribution is 0.0773. The van der Waals surface area contributed by atoms with E-state index in [0.29, 0.717) is 24.4 Å². The van der Waals surface area contributed by atoms with Crippen molar-refractivity contribution in [3.05, 3.63) is 59.2 Å². The van der Waals surface area contributed by atoms with Crippen molar-refractivity contribution >= 4 is 17.6 Å². The molecule has 6 heteroatoms. The highest BCUT2D eigenvalue weighted by Gasteiger charge is 2.23. The van der Waals surface area contributed by atoms with Gasteiger partial charge in [-0.25, -0.2) is 4.79 Å². The minimum absolute atomic E-state index is 0.115. The van der Waals surface area contributed by atoms with Crippen LogP contribution in [0.25, 0.3) is 0 Å². The number of urea groups is 1. The molecule has 1 fully saturated rings. The maximum absolute atomic E-state index is 12.7. The molecule has 2 N–H and O–H groups in total. The maximum atomic E-state index is 12.7. The van der Waals surface area contributed by atoms with E-state index in [1.54, 1.807) is 36.2 Å². The van der Waals surface area contributed by atoms with Crippen LogP contribution in [0.2, 0.25) is 0 Å². The molecule has 6 nitrogen and oxygen atoms in total. The van der Waals surface area contributed by atoms with Crippen molar-refractivity contribution in [1.82, 2.24) is 10.2 Å². The maximum Gasteiger partial charge on any atom is 0.319 e. The van der Waals surface area contributed by atoms with Gasteiger partial charge in [0.05, 0.1) is 6.54 Å². The SMILES string of the molecule is Cc1cc(C)cc(OCCN(C)C(=O)c2cccc(NC(=O)NC3CC3)c2)c1. The van der Waals surface area contributed by atoms with Gasteiger partial charge in [-0.15, -0.1) is 0 Å². The molecule has 28 heavy (non-hydrogen) atoms. The number of benzene rings is 2. The summed E-state index contributed by atoms with van der Waals surface area (Å²) >= 11 is 0. The number of rotatable bonds is 7. The smallest absolute Gasteiger partial charge is 0.319 e. The standard InChI is InChI=1S/C22H27N3O3/c1-15-11-16(2)13-20(12-15)28-10-9-25(3)21(26)17-5-4-6-19(14-17)24-22(27)23-18-7-8-18/h4-6,11-14,18H,7-10H2,1-3H3,(H2,23,24,27). The van der Waals surface area contributed by atoms with Crippen LogP contribution < -0.4 is 15.4 Å². The Bertz CT molecular complexity index is 842. The van der Waals surface area contributed by atoms with Gasteiger partial charge in [-0.2, -0.15) is 0 Å². The van der Waals surface area contributed by atoms with Gasteiger partial charge in [0.1, 0.15) is 12.4 Å². The van der Waals surface area contributed by atoms with Crippen molar-refractivity contribution < 1.29 is 14.3 Å². The molecule has 2 aromatic rings. The fourth-order valence-electron chi connectivity index (χ4n) is 2.95. The molecular formula is C22H27N3O3. The average molecular weight is 381 g/mol. The summed E-state index contributed by atoms with van der Waals surface area (Å²) < 4.78 is 5.78. The van der Waals surface area contributed by atoms with E-state index in [1.807, 2.05) is 26.0 Å². The van der Waals surface area contributed by atoms with E-state index in [2.05, 4.69) is 16.7 Å². The zero-order chi connectivity index (χ0) is 20.1. The van der Waals surface area contributed by atoms with Crippen molar-refractivity contribution in [2.45, 2.75) is 32.7 Å². The lowest BCUT2D eigenvalue weighted by Crippen LogP contribution is -2.31. The first-order valence-electron chi connectivity index (χ1n) is 9.55. The van der Waals surface area contributed by atoms with Crippen LogP contribution in [-0.4, -0.2) is 43.1 Å². The van der Waals surface area contributed by atoms with E-state index < -0.39 is 0 Å². The summed E-state index contributed by atoms with van der Waals surface area (Å²) in [6.45, 7) is 4.93. The highest BCUT2D eigenvalue weighted by atomic mass is 16.5. The van der Waals surface area contributed by atoms with E-state index in [-0.39, 0.29) is 18.0 Å². The van der Waals surface area contributed by atoms with Gasteiger partial charge in [-0.1, -0.05) is 12.1 Å². The van der Waals surface area contributed by atoms with E-state index in [9.17, 15) is 9.59 Å². The topological polar surface area (TPSA) is 70.7 Å². The van der Waals surface area contributed by atoms with E-state index in [4.69, 9.17) is 4.74 Å². The molecule has 1 aliphatic carbocycles. The third-order valence-corrected chi connectivity index (χ3v) is 4.52. The predicted molar refractivity (Wildman–Crippen MR) is 110 cm³/mol. The molecule has 0 heterocycles. The Labute approximate surface area is 165 Å². The number of nitrogens with zero attached hydrogens (tertiary/aromatic N) is 1. The van der Waals surface area contributed by atoms with Crippen molar-refractivity contribution in [3.8, 4) is 5.75 Å². The van der Waals surface area contributed by atoms with Gasteiger partial charge in [0.2, 0.25) is 0 Å². The number of nitrogens with one attached hydrogen (secondary N) is 2. The van der Waals surface area contributed by atoms with E-state index in [0.717, 1.165) is 29.7 Å². The summed E-state index contributed by atoms with van der Waals surface area (Å²) in [7, 11) is 1.74. The molecule has 0 spiro atoms. The Balaban J connectivity index is 1.52. The van der Waals surface area contributed by atoms with Crippen LogP contribution in [0.1, 0.15) is 34.3 Å². The Morgan fingerprint density at radius 1 is 1.11 bits per heavy atom. The second-order valence-electron chi connectivity index (χ2n) is 7.35. The quantitative estimate of drug-likeness (QED) is 0.768. The highest BCUT2D eigenvalue weighted by Crippen LogP contribution is 2.19. The second-order valence-corrected chi connectivity index (χ2v) is 7.35. The molecule has 0 atom stereocenters. The number of anilines is 1. The summed E-state index contributed by atoms with van der Waals surface area (Å²) in [5.41, 5.74) is 3.42. The second kappa shape index (κ2) is 8.78. The lowest BCUT2D eigenvalue weighted by Gasteiger charge is -2.18. The number of likely N-dealkylation sites (N-methyl/N-ethyl adjacent to an activating group) is 1. The normalized spacial score (nSPS) is 13.0. The first-order valence-corrected chi connectivity index (χ1v) is 9.55. The molecule has 0 saturated heterocycles.